The van der Waals surface area contributed by atoms with Crippen LogP contribution in [0.3, 0.4) is 0 Å². The monoisotopic (exact) mass is 342 g/mol. The first kappa shape index (κ1) is 15.6. The van der Waals surface area contributed by atoms with Crippen molar-refractivity contribution >= 4 is 40.1 Å². The predicted molar refractivity (Wildman–Crippen MR) is 86.7 cm³/mol. The summed E-state index contributed by atoms with van der Waals surface area (Å²) in [4.78, 5) is 15.0. The first-order chi connectivity index (χ1) is 10.4. The average molecular weight is 343 g/mol. The molecule has 5 nitrogen and oxygen atoms in total. The van der Waals surface area contributed by atoms with E-state index in [1.54, 1.807) is 0 Å². The molecule has 2 aromatic rings. The van der Waals surface area contributed by atoms with Crippen LogP contribution in [-0.2, 0) is 0 Å². The lowest BCUT2D eigenvalue weighted by molar-refractivity contribution is 0.282. The summed E-state index contributed by atoms with van der Waals surface area (Å²) in [5.74, 6) is 0.299. The Labute approximate surface area is 137 Å². The van der Waals surface area contributed by atoms with Crippen molar-refractivity contribution < 1.29 is 9.13 Å². The second kappa shape index (κ2) is 5.70. The van der Waals surface area contributed by atoms with Gasteiger partial charge in [-0.15, -0.1) is 0 Å². The Bertz CT molecular complexity index is 743. The van der Waals surface area contributed by atoms with Gasteiger partial charge in [0.2, 0.25) is 5.88 Å². The summed E-state index contributed by atoms with van der Waals surface area (Å²) in [6.45, 7) is 6.59. The first-order valence-corrected chi connectivity index (χ1v) is 8.56. The number of thioether (sulfide) groups is 1. The van der Waals surface area contributed by atoms with Crippen LogP contribution in [0, 0.1) is 5.82 Å². The van der Waals surface area contributed by atoms with Crippen molar-refractivity contribution in [3.8, 4) is 5.88 Å². The van der Waals surface area contributed by atoms with E-state index in [4.69, 9.17) is 16.3 Å². The molecule has 0 radical (unpaired) electrons. The lowest BCUT2D eigenvalue weighted by Crippen LogP contribution is -2.41. The smallest absolute Gasteiger partial charge is 0.228 e. The lowest BCUT2D eigenvalue weighted by Gasteiger charge is -2.32. The van der Waals surface area contributed by atoms with Crippen molar-refractivity contribution in [2.75, 3.05) is 17.8 Å². The molecule has 0 fully saturated rings. The van der Waals surface area contributed by atoms with E-state index in [1.807, 2.05) is 13.2 Å². The summed E-state index contributed by atoms with van der Waals surface area (Å²) in [5.41, 5.74) is 0.157. The molecule has 0 aromatic carbocycles. The molecule has 3 rings (SSSR count). The number of rotatable bonds is 2. The average Bonchev–Trinajstić information content (AvgIpc) is 2.61. The van der Waals surface area contributed by atoms with Crippen molar-refractivity contribution in [2.24, 2.45) is 0 Å². The van der Waals surface area contributed by atoms with Gasteiger partial charge in [-0.05, 0) is 27.0 Å². The highest BCUT2D eigenvalue weighted by molar-refractivity contribution is 7.98. The summed E-state index contributed by atoms with van der Waals surface area (Å²) in [6.07, 6.45) is 1.85. The Kier molecular flexibility index (Phi) is 4.03. The van der Waals surface area contributed by atoms with E-state index in [1.165, 1.54) is 11.8 Å². The van der Waals surface area contributed by atoms with Crippen LogP contribution in [-0.4, -0.2) is 39.9 Å². The van der Waals surface area contributed by atoms with Crippen LogP contribution in [0.5, 0.6) is 5.88 Å². The minimum Gasteiger partial charge on any atom is -0.475 e. The molecule has 0 spiro atoms. The standard InChI is InChI=1S/C14H16ClFN4OS/c1-6(2)20-7(3)5-21-13-8-10(9(16)11(15)18-13)17-14(22-4)19-12(8)20/h6-7H,5H2,1-4H3/t7-/m0/s1. The second-order valence-electron chi connectivity index (χ2n) is 5.44. The third-order valence-corrected chi connectivity index (χ3v) is 4.39. The Morgan fingerprint density at radius 3 is 2.73 bits per heavy atom. The molecule has 1 aliphatic rings. The number of hydrogen-bond donors (Lipinski definition) is 0. The molecule has 0 amide bonds. The van der Waals surface area contributed by atoms with Crippen molar-refractivity contribution in [2.45, 2.75) is 38.0 Å². The third kappa shape index (κ3) is 2.36. The van der Waals surface area contributed by atoms with Crippen LogP contribution in [0.1, 0.15) is 20.8 Å². The molecular formula is C14H16ClFN4OS. The molecule has 1 atom stereocenters. The zero-order chi connectivity index (χ0) is 16.0. The SMILES string of the molecule is CSc1nc2c3c(nc(Cl)c(F)c3n1)OC[C@H](C)N2C(C)C. The van der Waals surface area contributed by atoms with E-state index in [0.717, 1.165) is 0 Å². The summed E-state index contributed by atoms with van der Waals surface area (Å²) < 4.78 is 20.2. The maximum Gasteiger partial charge on any atom is 0.228 e. The number of anilines is 1. The molecule has 0 saturated heterocycles. The molecule has 118 valence electrons. The number of ether oxygens (including phenoxy) is 1. The Hall–Kier alpha value is -1.34. The van der Waals surface area contributed by atoms with Crippen molar-refractivity contribution in [1.82, 2.24) is 15.0 Å². The highest BCUT2D eigenvalue weighted by Gasteiger charge is 2.30. The highest BCUT2D eigenvalue weighted by Crippen LogP contribution is 2.39. The fourth-order valence-electron chi connectivity index (χ4n) is 2.70. The van der Waals surface area contributed by atoms with Crippen LogP contribution < -0.4 is 9.64 Å². The van der Waals surface area contributed by atoms with Crippen LogP contribution in [0.25, 0.3) is 10.9 Å². The minimum atomic E-state index is -0.638. The van der Waals surface area contributed by atoms with Gasteiger partial charge in [-0.3, -0.25) is 0 Å². The number of nitrogens with zero attached hydrogens (tertiary/aromatic N) is 4. The second-order valence-corrected chi connectivity index (χ2v) is 6.57. The van der Waals surface area contributed by atoms with Crippen LogP contribution in [0.15, 0.2) is 5.16 Å². The molecular weight excluding hydrogens is 327 g/mol. The van der Waals surface area contributed by atoms with E-state index in [0.29, 0.717) is 28.8 Å². The van der Waals surface area contributed by atoms with E-state index >= 15 is 0 Å². The molecule has 8 heteroatoms. The first-order valence-electron chi connectivity index (χ1n) is 6.96. The van der Waals surface area contributed by atoms with Gasteiger partial charge >= 0.3 is 0 Å². The Balaban J connectivity index is 2.42. The van der Waals surface area contributed by atoms with Gasteiger partial charge in [0, 0.05) is 6.04 Å². The highest BCUT2D eigenvalue weighted by atomic mass is 35.5. The van der Waals surface area contributed by atoms with Crippen molar-refractivity contribution in [1.29, 1.82) is 0 Å². The maximum atomic E-state index is 14.4. The summed E-state index contributed by atoms with van der Waals surface area (Å²) in [6, 6.07) is 0.250. The topological polar surface area (TPSA) is 51.1 Å². The van der Waals surface area contributed by atoms with Crippen LogP contribution in [0.4, 0.5) is 10.2 Å². The molecule has 22 heavy (non-hydrogen) atoms. The molecule has 0 aliphatic carbocycles. The molecule has 2 aromatic heterocycles. The number of pyridine rings is 1. The zero-order valence-corrected chi connectivity index (χ0v) is 14.3. The van der Waals surface area contributed by atoms with Crippen molar-refractivity contribution in [3.05, 3.63) is 11.0 Å². The molecule has 0 saturated carbocycles. The fraction of sp³-hybridized carbons (Fsp3) is 0.500. The van der Waals surface area contributed by atoms with Crippen LogP contribution >= 0.6 is 23.4 Å². The molecule has 0 N–H and O–H groups in total. The van der Waals surface area contributed by atoms with E-state index in [2.05, 4.69) is 33.7 Å². The van der Waals surface area contributed by atoms with E-state index in [-0.39, 0.29) is 22.8 Å². The zero-order valence-electron chi connectivity index (χ0n) is 12.7. The Morgan fingerprint density at radius 1 is 1.36 bits per heavy atom. The van der Waals surface area contributed by atoms with Gasteiger partial charge in [0.25, 0.3) is 0 Å². The fourth-order valence-corrected chi connectivity index (χ4v) is 3.23. The molecule has 0 bridgehead atoms. The summed E-state index contributed by atoms with van der Waals surface area (Å²) in [7, 11) is 0. The van der Waals surface area contributed by atoms with E-state index in [9.17, 15) is 4.39 Å². The molecule has 1 aliphatic heterocycles. The predicted octanol–water partition coefficient (Wildman–Crippen LogP) is 3.53. The van der Waals surface area contributed by atoms with Crippen LogP contribution in [0.2, 0.25) is 5.15 Å². The van der Waals surface area contributed by atoms with Gasteiger partial charge in [-0.2, -0.15) is 4.98 Å². The quantitative estimate of drug-likeness (QED) is 0.473. The lowest BCUT2D eigenvalue weighted by atomic mass is 10.2. The number of halogens is 2. The van der Waals surface area contributed by atoms with E-state index < -0.39 is 5.82 Å². The van der Waals surface area contributed by atoms with Gasteiger partial charge in [-0.1, -0.05) is 23.4 Å². The van der Waals surface area contributed by atoms with Gasteiger partial charge in [-0.25, -0.2) is 14.4 Å². The number of hydrogen-bond acceptors (Lipinski definition) is 6. The van der Waals surface area contributed by atoms with Crippen molar-refractivity contribution in [3.63, 3.8) is 0 Å². The summed E-state index contributed by atoms with van der Waals surface area (Å²) >= 11 is 7.24. The molecule has 0 unspecified atom stereocenters. The normalized spacial score (nSPS) is 17.8. The third-order valence-electron chi connectivity index (χ3n) is 3.59. The van der Waals surface area contributed by atoms with Gasteiger partial charge < -0.3 is 9.64 Å². The van der Waals surface area contributed by atoms with Gasteiger partial charge in [0.15, 0.2) is 16.1 Å². The Morgan fingerprint density at radius 2 is 2.09 bits per heavy atom. The summed E-state index contributed by atoms with van der Waals surface area (Å²) in [5, 5.41) is 0.747. The maximum absolute atomic E-state index is 14.4. The molecule has 3 heterocycles. The number of aromatic nitrogens is 3. The largest absolute Gasteiger partial charge is 0.475 e. The minimum absolute atomic E-state index is 0.0730. The van der Waals surface area contributed by atoms with Gasteiger partial charge in [0.1, 0.15) is 23.3 Å². The van der Waals surface area contributed by atoms with Gasteiger partial charge in [0.05, 0.1) is 6.04 Å².